The minimum absolute atomic E-state index is 0.128. The highest BCUT2D eigenvalue weighted by molar-refractivity contribution is 6.16. The van der Waals surface area contributed by atoms with Crippen molar-refractivity contribution < 1.29 is 23.9 Å². The standard InChI is InChI=1S/C21H24O5/c1-3-19(22)26-21(24)18(20(23)25-4-2)16-12-7-5-6-9-13-17-14-10-8-11-15-17/h3,8-11,13-16H,1,4-7,12H2,2H3. The van der Waals surface area contributed by atoms with E-state index in [1.54, 1.807) is 6.92 Å². The van der Waals surface area contributed by atoms with Gasteiger partial charge in [-0.1, -0.05) is 55.1 Å². The average Bonchev–Trinajstić information content (AvgIpc) is 2.64. The van der Waals surface area contributed by atoms with Crippen LogP contribution in [0.5, 0.6) is 0 Å². The van der Waals surface area contributed by atoms with Crippen LogP contribution in [0.25, 0.3) is 6.08 Å². The Bertz CT molecular complexity index is 671. The monoisotopic (exact) mass is 356 g/mol. The zero-order valence-corrected chi connectivity index (χ0v) is 15.0. The van der Waals surface area contributed by atoms with E-state index in [1.165, 1.54) is 6.08 Å². The molecule has 0 aliphatic heterocycles. The Labute approximate surface area is 154 Å². The summed E-state index contributed by atoms with van der Waals surface area (Å²) in [6, 6.07) is 10.00. The molecule has 0 aliphatic carbocycles. The molecule has 0 saturated carbocycles. The fraction of sp³-hybridized carbons (Fsp3) is 0.286. The predicted molar refractivity (Wildman–Crippen MR) is 100.0 cm³/mol. The summed E-state index contributed by atoms with van der Waals surface area (Å²) in [7, 11) is 0. The van der Waals surface area contributed by atoms with Crippen LogP contribution in [0.4, 0.5) is 0 Å². The number of allylic oxidation sites excluding steroid dienone is 2. The van der Waals surface area contributed by atoms with E-state index >= 15 is 0 Å². The van der Waals surface area contributed by atoms with E-state index in [0.29, 0.717) is 6.42 Å². The minimum atomic E-state index is -1.02. The van der Waals surface area contributed by atoms with Crippen molar-refractivity contribution >= 4 is 24.0 Å². The van der Waals surface area contributed by atoms with Crippen LogP contribution in [0.15, 0.2) is 60.7 Å². The normalized spacial score (nSPS) is 11.2. The van der Waals surface area contributed by atoms with Crippen LogP contribution in [0.1, 0.15) is 38.2 Å². The molecule has 0 fully saturated rings. The van der Waals surface area contributed by atoms with Gasteiger partial charge in [-0.2, -0.15) is 0 Å². The largest absolute Gasteiger partial charge is 0.462 e. The number of esters is 3. The van der Waals surface area contributed by atoms with Crippen LogP contribution < -0.4 is 0 Å². The van der Waals surface area contributed by atoms with Crippen LogP contribution in [0.3, 0.4) is 0 Å². The quantitative estimate of drug-likeness (QED) is 0.208. The van der Waals surface area contributed by atoms with Crippen LogP contribution in [-0.4, -0.2) is 24.5 Å². The molecule has 138 valence electrons. The number of hydrogen-bond acceptors (Lipinski definition) is 5. The number of unbranched alkanes of at least 4 members (excludes halogenated alkanes) is 3. The summed E-state index contributed by atoms with van der Waals surface area (Å²) in [6.45, 7) is 4.97. The van der Waals surface area contributed by atoms with Gasteiger partial charge in [0.05, 0.1) is 6.61 Å². The van der Waals surface area contributed by atoms with Gasteiger partial charge in [0.25, 0.3) is 0 Å². The van der Waals surface area contributed by atoms with Gasteiger partial charge in [0, 0.05) is 6.08 Å². The third-order valence-electron chi connectivity index (χ3n) is 3.36. The van der Waals surface area contributed by atoms with Crippen molar-refractivity contribution in [3.8, 4) is 0 Å². The van der Waals surface area contributed by atoms with Crippen LogP contribution >= 0.6 is 0 Å². The first-order valence-electron chi connectivity index (χ1n) is 8.56. The lowest BCUT2D eigenvalue weighted by Crippen LogP contribution is -2.20. The summed E-state index contributed by atoms with van der Waals surface area (Å²) in [5.74, 6) is -2.72. The molecule has 0 spiro atoms. The number of ether oxygens (including phenoxy) is 2. The van der Waals surface area contributed by atoms with Gasteiger partial charge in [-0.3, -0.25) is 0 Å². The van der Waals surface area contributed by atoms with Crippen LogP contribution in [-0.2, 0) is 23.9 Å². The van der Waals surface area contributed by atoms with E-state index < -0.39 is 17.9 Å². The Morgan fingerprint density at radius 2 is 1.73 bits per heavy atom. The van der Waals surface area contributed by atoms with Gasteiger partial charge in [0.1, 0.15) is 5.57 Å². The van der Waals surface area contributed by atoms with Crippen molar-refractivity contribution in [3.63, 3.8) is 0 Å². The van der Waals surface area contributed by atoms with Crippen molar-refractivity contribution in [1.29, 1.82) is 0 Å². The Morgan fingerprint density at radius 1 is 1.04 bits per heavy atom. The lowest BCUT2D eigenvalue weighted by atomic mass is 10.1. The van der Waals surface area contributed by atoms with Crippen molar-refractivity contribution in [2.24, 2.45) is 0 Å². The third kappa shape index (κ3) is 8.24. The molecule has 0 amide bonds. The van der Waals surface area contributed by atoms with Gasteiger partial charge in [-0.05, 0) is 38.2 Å². The third-order valence-corrected chi connectivity index (χ3v) is 3.36. The first kappa shape index (κ1) is 21.1. The molecule has 5 heteroatoms. The van der Waals surface area contributed by atoms with Crippen LogP contribution in [0.2, 0.25) is 0 Å². The molecule has 0 N–H and O–H groups in total. The smallest absolute Gasteiger partial charge is 0.353 e. The number of benzene rings is 1. The molecule has 0 radical (unpaired) electrons. The maximum atomic E-state index is 11.9. The van der Waals surface area contributed by atoms with E-state index in [2.05, 4.69) is 23.5 Å². The van der Waals surface area contributed by atoms with Crippen molar-refractivity contribution in [2.45, 2.75) is 32.6 Å². The second-order valence-electron chi connectivity index (χ2n) is 5.35. The Morgan fingerprint density at radius 3 is 2.38 bits per heavy atom. The first-order chi connectivity index (χ1) is 12.6. The SMILES string of the molecule is C=CC(=O)OC(=O)C(=CCCCCC=Cc1ccccc1)C(=O)OCC. The molecule has 1 aromatic carbocycles. The molecule has 0 heterocycles. The molecule has 1 rings (SSSR count). The molecular formula is C21H24O5. The zero-order valence-electron chi connectivity index (χ0n) is 15.0. The maximum Gasteiger partial charge on any atom is 0.353 e. The van der Waals surface area contributed by atoms with E-state index in [1.807, 2.05) is 30.3 Å². The molecule has 26 heavy (non-hydrogen) atoms. The highest BCUT2D eigenvalue weighted by Crippen LogP contribution is 2.10. The first-order valence-corrected chi connectivity index (χ1v) is 8.56. The topological polar surface area (TPSA) is 69.7 Å². The molecule has 0 atom stereocenters. The molecule has 0 aromatic heterocycles. The van der Waals surface area contributed by atoms with Crippen molar-refractivity contribution in [1.82, 2.24) is 0 Å². The zero-order chi connectivity index (χ0) is 19.2. The highest BCUT2D eigenvalue weighted by Gasteiger charge is 2.22. The van der Waals surface area contributed by atoms with Crippen LogP contribution in [0, 0.1) is 0 Å². The summed E-state index contributed by atoms with van der Waals surface area (Å²) in [6.07, 6.45) is 9.53. The van der Waals surface area contributed by atoms with Gasteiger partial charge in [-0.25, -0.2) is 14.4 Å². The summed E-state index contributed by atoms with van der Waals surface area (Å²) < 4.78 is 9.33. The number of carbonyl (C=O) groups excluding carboxylic acids is 3. The Kier molecular flexibility index (Phi) is 10.1. The average molecular weight is 356 g/mol. The maximum absolute atomic E-state index is 11.9. The molecule has 5 nitrogen and oxygen atoms in total. The Hall–Kier alpha value is -2.95. The minimum Gasteiger partial charge on any atom is -0.462 e. The van der Waals surface area contributed by atoms with Gasteiger partial charge in [0.2, 0.25) is 0 Å². The van der Waals surface area contributed by atoms with E-state index in [-0.39, 0.29) is 12.2 Å². The summed E-state index contributed by atoms with van der Waals surface area (Å²) in [5.41, 5.74) is 0.883. The summed E-state index contributed by atoms with van der Waals surface area (Å²) in [4.78, 5) is 34.8. The second-order valence-corrected chi connectivity index (χ2v) is 5.35. The van der Waals surface area contributed by atoms with E-state index in [0.717, 1.165) is 30.9 Å². The fourth-order valence-corrected chi connectivity index (χ4v) is 2.08. The lowest BCUT2D eigenvalue weighted by Gasteiger charge is -2.05. The number of hydrogen-bond donors (Lipinski definition) is 0. The lowest BCUT2D eigenvalue weighted by molar-refractivity contribution is -0.155. The second kappa shape index (κ2) is 12.4. The predicted octanol–water partition coefficient (Wildman–Crippen LogP) is 4.01. The highest BCUT2D eigenvalue weighted by atomic mass is 16.6. The molecule has 0 unspecified atom stereocenters. The van der Waals surface area contributed by atoms with Gasteiger partial charge < -0.3 is 9.47 Å². The molecule has 0 saturated heterocycles. The molecule has 1 aromatic rings. The number of carbonyl (C=O) groups is 3. The molecular weight excluding hydrogens is 332 g/mol. The van der Waals surface area contributed by atoms with E-state index in [4.69, 9.17) is 4.74 Å². The number of rotatable bonds is 10. The van der Waals surface area contributed by atoms with Gasteiger partial charge in [-0.15, -0.1) is 0 Å². The summed E-state index contributed by atoms with van der Waals surface area (Å²) in [5, 5.41) is 0. The van der Waals surface area contributed by atoms with Crippen molar-refractivity contribution in [3.05, 3.63) is 66.3 Å². The fourth-order valence-electron chi connectivity index (χ4n) is 2.08. The van der Waals surface area contributed by atoms with E-state index in [9.17, 15) is 14.4 Å². The van der Waals surface area contributed by atoms with Gasteiger partial charge >= 0.3 is 17.9 Å². The molecule has 0 bridgehead atoms. The Balaban J connectivity index is 2.49. The van der Waals surface area contributed by atoms with Gasteiger partial charge in [0.15, 0.2) is 0 Å². The molecule has 0 aliphatic rings. The van der Waals surface area contributed by atoms with Crippen molar-refractivity contribution in [2.75, 3.05) is 6.61 Å². The summed E-state index contributed by atoms with van der Waals surface area (Å²) >= 11 is 0.